The van der Waals surface area contributed by atoms with Gasteiger partial charge in [-0.3, -0.25) is 0 Å². The summed E-state index contributed by atoms with van der Waals surface area (Å²) in [6.45, 7) is 1.12. The summed E-state index contributed by atoms with van der Waals surface area (Å²) in [7, 11) is 1.71. The van der Waals surface area contributed by atoms with Crippen LogP contribution in [-0.2, 0) is 18.0 Å². The Bertz CT molecular complexity index is 1180. The van der Waals surface area contributed by atoms with E-state index in [0.29, 0.717) is 13.2 Å². The second-order valence-electron chi connectivity index (χ2n) is 7.66. The van der Waals surface area contributed by atoms with Crippen molar-refractivity contribution in [2.24, 2.45) is 0 Å². The van der Waals surface area contributed by atoms with E-state index in [1.165, 1.54) is 39.0 Å². The summed E-state index contributed by atoms with van der Waals surface area (Å²) in [4.78, 5) is 0. The van der Waals surface area contributed by atoms with Crippen molar-refractivity contribution in [2.45, 2.75) is 13.2 Å². The summed E-state index contributed by atoms with van der Waals surface area (Å²) in [6.07, 6.45) is 0. The van der Waals surface area contributed by atoms with Gasteiger partial charge in [-0.05, 0) is 56.7 Å². The molecule has 0 amide bonds. The van der Waals surface area contributed by atoms with E-state index in [9.17, 15) is 0 Å². The molecule has 2 nitrogen and oxygen atoms in total. The zero-order valence-electron chi connectivity index (χ0n) is 17.5. The molecule has 0 aliphatic carbocycles. The lowest BCUT2D eigenvalue weighted by molar-refractivity contribution is 0.106. The van der Waals surface area contributed by atoms with Crippen LogP contribution in [-0.4, -0.2) is 7.11 Å². The summed E-state index contributed by atoms with van der Waals surface area (Å²) in [5, 5.41) is 0. The fraction of sp³-hybridized carbons (Fsp3) is 0.103. The lowest BCUT2D eigenvalue weighted by Crippen LogP contribution is -2.09. The lowest BCUT2D eigenvalue weighted by atomic mass is 9.82. The number of methoxy groups -OCH3 is 1. The highest BCUT2D eigenvalue weighted by Gasteiger charge is 2.22. The second-order valence-corrected chi connectivity index (χ2v) is 7.66. The largest absolute Gasteiger partial charge is 0.497 e. The molecule has 1 aliphatic rings. The van der Waals surface area contributed by atoms with Gasteiger partial charge in [-0.1, -0.05) is 91.0 Å². The Kier molecular flexibility index (Phi) is 5.39. The maximum Gasteiger partial charge on any atom is 0.119 e. The highest BCUT2D eigenvalue weighted by molar-refractivity contribution is 6.05. The van der Waals surface area contributed by atoms with Gasteiger partial charge in [-0.15, -0.1) is 0 Å². The second kappa shape index (κ2) is 8.63. The maximum absolute atomic E-state index is 6.09. The monoisotopic (exact) mass is 404 g/mol. The van der Waals surface area contributed by atoms with Gasteiger partial charge in [0.25, 0.3) is 0 Å². The van der Waals surface area contributed by atoms with Crippen LogP contribution in [0.5, 0.6) is 5.75 Å². The predicted molar refractivity (Wildman–Crippen MR) is 126 cm³/mol. The Morgan fingerprint density at radius 3 is 1.90 bits per heavy atom. The van der Waals surface area contributed by atoms with Gasteiger partial charge in [0.1, 0.15) is 5.75 Å². The van der Waals surface area contributed by atoms with Crippen LogP contribution >= 0.6 is 0 Å². The standard InChI is InChI=1S/C29H24O2/c1-30-25-16-17-27-24(18-25)20-31-19-23-14-8-9-15-26(23)29(27)28(21-10-4-2-5-11-21)22-12-6-3-7-13-22/h2-18H,19-20H2,1H3. The van der Waals surface area contributed by atoms with Crippen LogP contribution in [0.25, 0.3) is 11.1 Å². The molecule has 5 rings (SSSR count). The maximum atomic E-state index is 6.09. The quantitative estimate of drug-likeness (QED) is 0.377. The summed E-state index contributed by atoms with van der Waals surface area (Å²) in [5.41, 5.74) is 9.56. The molecule has 152 valence electrons. The van der Waals surface area contributed by atoms with Crippen LogP contribution in [0.4, 0.5) is 0 Å². The number of hydrogen-bond acceptors (Lipinski definition) is 2. The molecule has 0 spiro atoms. The Morgan fingerprint density at radius 1 is 0.645 bits per heavy atom. The first-order valence-electron chi connectivity index (χ1n) is 10.5. The van der Waals surface area contributed by atoms with Crippen molar-refractivity contribution in [3.8, 4) is 5.75 Å². The Morgan fingerprint density at radius 2 is 1.23 bits per heavy atom. The van der Waals surface area contributed by atoms with Crippen molar-refractivity contribution < 1.29 is 9.47 Å². The predicted octanol–water partition coefficient (Wildman–Crippen LogP) is 6.73. The lowest BCUT2D eigenvalue weighted by Gasteiger charge is -2.25. The smallest absolute Gasteiger partial charge is 0.119 e. The minimum Gasteiger partial charge on any atom is -0.497 e. The van der Waals surface area contributed by atoms with Crippen molar-refractivity contribution in [1.82, 2.24) is 0 Å². The van der Waals surface area contributed by atoms with Crippen LogP contribution in [0.3, 0.4) is 0 Å². The third-order valence-electron chi connectivity index (χ3n) is 5.76. The molecule has 0 unspecified atom stereocenters. The minimum absolute atomic E-state index is 0.543. The van der Waals surface area contributed by atoms with Gasteiger partial charge < -0.3 is 9.47 Å². The highest BCUT2D eigenvalue weighted by atomic mass is 16.5. The third-order valence-corrected chi connectivity index (χ3v) is 5.76. The molecule has 4 aromatic rings. The van der Waals surface area contributed by atoms with Crippen LogP contribution in [0.15, 0.2) is 103 Å². The van der Waals surface area contributed by atoms with E-state index < -0.39 is 0 Å². The molecule has 0 saturated heterocycles. The SMILES string of the molecule is COc1ccc2c(c1)COCc1ccccc1C2=C(c1ccccc1)c1ccccc1. The van der Waals surface area contributed by atoms with Gasteiger partial charge in [0.15, 0.2) is 0 Å². The van der Waals surface area contributed by atoms with Crippen molar-refractivity contribution in [3.63, 3.8) is 0 Å². The normalized spacial score (nSPS) is 12.9. The summed E-state index contributed by atoms with van der Waals surface area (Å²) in [6, 6.07) is 36.2. The Hall–Kier alpha value is -3.62. The number of ether oxygens (including phenoxy) is 2. The molecule has 0 saturated carbocycles. The molecule has 4 aromatic carbocycles. The summed E-state index contributed by atoms with van der Waals surface area (Å²) in [5.74, 6) is 0.844. The number of fused-ring (bicyclic) bond motifs is 2. The molecule has 0 bridgehead atoms. The van der Waals surface area contributed by atoms with E-state index in [0.717, 1.165) is 11.3 Å². The molecule has 31 heavy (non-hydrogen) atoms. The average molecular weight is 405 g/mol. The van der Waals surface area contributed by atoms with E-state index >= 15 is 0 Å². The zero-order valence-corrected chi connectivity index (χ0v) is 17.5. The Balaban J connectivity index is 1.92. The molecular formula is C29H24O2. The van der Waals surface area contributed by atoms with Gasteiger partial charge in [-0.2, -0.15) is 0 Å². The fourth-order valence-electron chi connectivity index (χ4n) is 4.30. The fourth-order valence-corrected chi connectivity index (χ4v) is 4.30. The molecule has 2 heteroatoms. The van der Waals surface area contributed by atoms with Crippen LogP contribution < -0.4 is 4.74 Å². The van der Waals surface area contributed by atoms with Crippen molar-refractivity contribution in [3.05, 3.63) is 137 Å². The Labute approximate surface area is 183 Å². The van der Waals surface area contributed by atoms with E-state index in [4.69, 9.17) is 9.47 Å². The number of benzene rings is 4. The molecule has 1 aliphatic heterocycles. The summed E-state index contributed by atoms with van der Waals surface area (Å²) < 4.78 is 11.6. The molecule has 0 N–H and O–H groups in total. The molecule has 0 aromatic heterocycles. The van der Waals surface area contributed by atoms with Crippen LogP contribution in [0.2, 0.25) is 0 Å². The first kappa shape index (κ1) is 19.3. The van der Waals surface area contributed by atoms with Crippen molar-refractivity contribution in [2.75, 3.05) is 7.11 Å². The number of hydrogen-bond donors (Lipinski definition) is 0. The molecule has 0 radical (unpaired) electrons. The van der Waals surface area contributed by atoms with Crippen LogP contribution in [0.1, 0.15) is 33.4 Å². The van der Waals surface area contributed by atoms with Crippen molar-refractivity contribution in [1.29, 1.82) is 0 Å². The number of rotatable bonds is 3. The van der Waals surface area contributed by atoms with E-state index in [2.05, 4.69) is 97.1 Å². The average Bonchev–Trinajstić information content (AvgIpc) is 2.83. The van der Waals surface area contributed by atoms with Gasteiger partial charge in [0, 0.05) is 0 Å². The van der Waals surface area contributed by atoms with Gasteiger partial charge in [-0.25, -0.2) is 0 Å². The van der Waals surface area contributed by atoms with Crippen LogP contribution in [0, 0.1) is 0 Å². The first-order valence-corrected chi connectivity index (χ1v) is 10.5. The van der Waals surface area contributed by atoms with Gasteiger partial charge >= 0.3 is 0 Å². The van der Waals surface area contributed by atoms with Crippen molar-refractivity contribution >= 4 is 11.1 Å². The molecule has 1 heterocycles. The van der Waals surface area contributed by atoms with E-state index in [-0.39, 0.29) is 0 Å². The minimum atomic E-state index is 0.543. The van der Waals surface area contributed by atoms with E-state index in [1.807, 2.05) is 6.07 Å². The molecule has 0 fully saturated rings. The third kappa shape index (κ3) is 3.78. The highest BCUT2D eigenvalue weighted by Crippen LogP contribution is 2.41. The first-order chi connectivity index (χ1) is 15.3. The van der Waals surface area contributed by atoms with Gasteiger partial charge in [0.05, 0.1) is 20.3 Å². The topological polar surface area (TPSA) is 18.5 Å². The zero-order chi connectivity index (χ0) is 21.0. The molecule has 0 atom stereocenters. The van der Waals surface area contributed by atoms with Gasteiger partial charge in [0.2, 0.25) is 0 Å². The molecular weight excluding hydrogens is 380 g/mol. The van der Waals surface area contributed by atoms with E-state index in [1.54, 1.807) is 7.11 Å². The summed E-state index contributed by atoms with van der Waals surface area (Å²) >= 11 is 0.